The third-order valence-electron chi connectivity index (χ3n) is 2.00. The molecule has 72 valence electrons. The molecule has 0 radical (unpaired) electrons. The van der Waals surface area contributed by atoms with Crippen molar-refractivity contribution in [2.24, 2.45) is 0 Å². The van der Waals surface area contributed by atoms with Gasteiger partial charge in [0, 0.05) is 0 Å². The smallest absolute Gasteiger partial charge is 0.337 e. The van der Waals surface area contributed by atoms with Crippen LogP contribution < -0.4 is 0 Å². The first-order valence-corrected chi connectivity index (χ1v) is 4.27. The van der Waals surface area contributed by atoms with E-state index in [0.29, 0.717) is 5.56 Å². The van der Waals surface area contributed by atoms with Crippen LogP contribution in [0.25, 0.3) is 0 Å². The first-order valence-electron chi connectivity index (χ1n) is 4.27. The molecular weight excluding hydrogens is 178 g/mol. The van der Waals surface area contributed by atoms with Crippen molar-refractivity contribution < 1.29 is 9.53 Å². The lowest BCUT2D eigenvalue weighted by molar-refractivity contribution is 0.0600. The summed E-state index contributed by atoms with van der Waals surface area (Å²) in [6, 6.07) is 9.02. The zero-order valence-electron chi connectivity index (χ0n) is 8.15. The molecule has 0 saturated heterocycles. The maximum atomic E-state index is 11.2. The monoisotopic (exact) mass is 189 g/mol. The van der Waals surface area contributed by atoms with E-state index in [9.17, 15) is 4.79 Å². The third kappa shape index (κ3) is 2.11. The van der Waals surface area contributed by atoms with Gasteiger partial charge in [0.05, 0.1) is 24.7 Å². The number of methoxy groups -OCH3 is 1. The second kappa shape index (κ2) is 4.43. The highest BCUT2D eigenvalue weighted by Gasteiger charge is 2.08. The first-order chi connectivity index (χ1) is 6.69. The van der Waals surface area contributed by atoms with Gasteiger partial charge in [-0.05, 0) is 24.6 Å². The van der Waals surface area contributed by atoms with E-state index in [4.69, 9.17) is 5.26 Å². The number of benzene rings is 1. The number of carbonyl (C=O) groups excluding carboxylic acids is 1. The highest BCUT2D eigenvalue weighted by molar-refractivity contribution is 5.89. The average Bonchev–Trinajstić information content (AvgIpc) is 2.27. The number of ether oxygens (including phenoxy) is 1. The summed E-state index contributed by atoms with van der Waals surface area (Å²) in [7, 11) is 1.34. The molecule has 0 aromatic heterocycles. The number of rotatable bonds is 2. The number of esters is 1. The molecule has 0 fully saturated rings. The number of nitriles is 1. The van der Waals surface area contributed by atoms with E-state index in [1.807, 2.05) is 6.07 Å². The van der Waals surface area contributed by atoms with Gasteiger partial charge in [0.15, 0.2) is 0 Å². The largest absolute Gasteiger partial charge is 0.465 e. The minimum atomic E-state index is -0.378. The fourth-order valence-corrected chi connectivity index (χ4v) is 1.13. The summed E-state index contributed by atoms with van der Waals surface area (Å²) in [5.74, 6) is -0.586. The highest BCUT2D eigenvalue weighted by atomic mass is 16.5. The topological polar surface area (TPSA) is 50.1 Å². The SMILES string of the molecule is COC(=O)c1cccc(C(C)C#N)c1. The van der Waals surface area contributed by atoms with Crippen molar-refractivity contribution in [3.8, 4) is 6.07 Å². The summed E-state index contributed by atoms with van der Waals surface area (Å²) in [5.41, 5.74) is 1.31. The highest BCUT2D eigenvalue weighted by Crippen LogP contribution is 2.15. The number of nitrogens with zero attached hydrogens (tertiary/aromatic N) is 1. The minimum Gasteiger partial charge on any atom is -0.465 e. The Morgan fingerprint density at radius 1 is 1.57 bits per heavy atom. The van der Waals surface area contributed by atoms with Crippen LogP contribution in [0.1, 0.15) is 28.8 Å². The van der Waals surface area contributed by atoms with Crippen LogP contribution in [0, 0.1) is 11.3 Å². The second-order valence-electron chi connectivity index (χ2n) is 2.97. The Balaban J connectivity index is 3.02. The molecule has 3 nitrogen and oxygen atoms in total. The molecule has 0 N–H and O–H groups in total. The van der Waals surface area contributed by atoms with Gasteiger partial charge in [0.1, 0.15) is 0 Å². The van der Waals surface area contributed by atoms with Crippen LogP contribution in [0.5, 0.6) is 0 Å². The summed E-state index contributed by atoms with van der Waals surface area (Å²) < 4.78 is 4.58. The predicted octanol–water partition coefficient (Wildman–Crippen LogP) is 2.10. The molecule has 0 spiro atoms. The van der Waals surface area contributed by atoms with Crippen molar-refractivity contribution in [1.29, 1.82) is 5.26 Å². The van der Waals surface area contributed by atoms with Crippen molar-refractivity contribution in [3.63, 3.8) is 0 Å². The maximum absolute atomic E-state index is 11.2. The second-order valence-corrected chi connectivity index (χ2v) is 2.97. The van der Waals surface area contributed by atoms with Gasteiger partial charge in [-0.2, -0.15) is 5.26 Å². The number of hydrogen-bond donors (Lipinski definition) is 0. The van der Waals surface area contributed by atoms with E-state index in [1.165, 1.54) is 7.11 Å². The molecule has 0 saturated carbocycles. The van der Waals surface area contributed by atoms with Crippen LogP contribution in [-0.4, -0.2) is 13.1 Å². The third-order valence-corrected chi connectivity index (χ3v) is 2.00. The minimum absolute atomic E-state index is 0.209. The Morgan fingerprint density at radius 3 is 2.86 bits per heavy atom. The van der Waals surface area contributed by atoms with E-state index >= 15 is 0 Å². The van der Waals surface area contributed by atoms with Crippen molar-refractivity contribution >= 4 is 5.97 Å². The molecule has 1 aromatic carbocycles. The van der Waals surface area contributed by atoms with Crippen LogP contribution in [0.4, 0.5) is 0 Å². The zero-order chi connectivity index (χ0) is 10.6. The Labute approximate surface area is 82.9 Å². The fraction of sp³-hybridized carbons (Fsp3) is 0.273. The van der Waals surface area contributed by atoms with Gasteiger partial charge in [0.25, 0.3) is 0 Å². The summed E-state index contributed by atoms with van der Waals surface area (Å²) in [5, 5.41) is 8.71. The summed E-state index contributed by atoms with van der Waals surface area (Å²) >= 11 is 0. The molecule has 0 aliphatic rings. The normalized spacial score (nSPS) is 11.5. The van der Waals surface area contributed by atoms with Gasteiger partial charge in [-0.15, -0.1) is 0 Å². The van der Waals surface area contributed by atoms with Crippen molar-refractivity contribution in [2.45, 2.75) is 12.8 Å². The number of carbonyl (C=O) groups is 1. The van der Waals surface area contributed by atoms with Crippen LogP contribution in [0.2, 0.25) is 0 Å². The molecule has 14 heavy (non-hydrogen) atoms. The lowest BCUT2D eigenvalue weighted by atomic mass is 10.0. The molecule has 1 unspecified atom stereocenters. The van der Waals surface area contributed by atoms with Crippen LogP contribution in [-0.2, 0) is 4.74 Å². The molecule has 1 rings (SSSR count). The Hall–Kier alpha value is -1.82. The lowest BCUT2D eigenvalue weighted by Crippen LogP contribution is -2.02. The predicted molar refractivity (Wildman–Crippen MR) is 51.8 cm³/mol. The fourth-order valence-electron chi connectivity index (χ4n) is 1.13. The standard InChI is InChI=1S/C11H11NO2/c1-8(7-12)9-4-3-5-10(6-9)11(13)14-2/h3-6,8H,1-2H3. The molecule has 0 bridgehead atoms. The Kier molecular flexibility index (Phi) is 3.24. The van der Waals surface area contributed by atoms with E-state index < -0.39 is 0 Å². The van der Waals surface area contributed by atoms with Crippen molar-refractivity contribution in [1.82, 2.24) is 0 Å². The van der Waals surface area contributed by atoms with E-state index in [2.05, 4.69) is 10.8 Å². The van der Waals surface area contributed by atoms with Crippen molar-refractivity contribution in [3.05, 3.63) is 35.4 Å². The molecule has 1 atom stereocenters. The van der Waals surface area contributed by atoms with Crippen LogP contribution in [0.3, 0.4) is 0 Å². The van der Waals surface area contributed by atoms with E-state index in [-0.39, 0.29) is 11.9 Å². The maximum Gasteiger partial charge on any atom is 0.337 e. The van der Waals surface area contributed by atoms with Gasteiger partial charge in [0.2, 0.25) is 0 Å². The van der Waals surface area contributed by atoms with E-state index in [0.717, 1.165) is 5.56 Å². The van der Waals surface area contributed by atoms with Crippen LogP contribution >= 0.6 is 0 Å². The quantitative estimate of drug-likeness (QED) is 0.669. The van der Waals surface area contributed by atoms with Gasteiger partial charge in [-0.25, -0.2) is 4.79 Å². The van der Waals surface area contributed by atoms with Gasteiger partial charge < -0.3 is 4.74 Å². The molecular formula is C11H11NO2. The van der Waals surface area contributed by atoms with Gasteiger partial charge in [-0.1, -0.05) is 12.1 Å². The zero-order valence-corrected chi connectivity index (χ0v) is 8.15. The number of hydrogen-bond acceptors (Lipinski definition) is 3. The lowest BCUT2D eigenvalue weighted by Gasteiger charge is -2.04. The van der Waals surface area contributed by atoms with E-state index in [1.54, 1.807) is 25.1 Å². The Bertz CT molecular complexity index is 379. The molecule has 0 amide bonds. The molecule has 1 aromatic rings. The van der Waals surface area contributed by atoms with Gasteiger partial charge >= 0.3 is 5.97 Å². The Morgan fingerprint density at radius 2 is 2.29 bits per heavy atom. The summed E-state index contributed by atoms with van der Waals surface area (Å²) in [6.07, 6.45) is 0. The first kappa shape index (κ1) is 10.3. The molecule has 3 heteroatoms. The summed E-state index contributed by atoms with van der Waals surface area (Å²) in [6.45, 7) is 1.79. The van der Waals surface area contributed by atoms with Gasteiger partial charge in [-0.3, -0.25) is 0 Å². The van der Waals surface area contributed by atoms with Crippen LogP contribution in [0.15, 0.2) is 24.3 Å². The summed E-state index contributed by atoms with van der Waals surface area (Å²) in [4.78, 5) is 11.2. The average molecular weight is 189 g/mol. The molecule has 0 aliphatic carbocycles. The molecule has 0 aliphatic heterocycles. The van der Waals surface area contributed by atoms with Crippen molar-refractivity contribution in [2.75, 3.05) is 7.11 Å². The molecule has 0 heterocycles.